The van der Waals surface area contributed by atoms with E-state index in [4.69, 9.17) is 4.52 Å². The number of hydrogen-bond acceptors (Lipinski definition) is 6. The molecule has 3 aromatic heterocycles. The van der Waals surface area contributed by atoms with Crippen molar-refractivity contribution in [3.63, 3.8) is 0 Å². The molecule has 0 unspecified atom stereocenters. The minimum Gasteiger partial charge on any atom is -0.339 e. The number of amides is 1. The molecule has 0 aliphatic heterocycles. The summed E-state index contributed by atoms with van der Waals surface area (Å²) in [7, 11) is 0. The number of aromatic nitrogens is 4. The van der Waals surface area contributed by atoms with Gasteiger partial charge in [0.25, 0.3) is 5.91 Å². The first-order valence-electron chi connectivity index (χ1n) is 9.19. The summed E-state index contributed by atoms with van der Waals surface area (Å²) in [5.74, 6) is 0.105. The number of hydrogen-bond donors (Lipinski definition) is 1. The Balaban J connectivity index is 1.40. The summed E-state index contributed by atoms with van der Waals surface area (Å²) in [6, 6.07) is 10.9. The van der Waals surface area contributed by atoms with Gasteiger partial charge in [-0.05, 0) is 43.2 Å². The lowest BCUT2D eigenvalue weighted by Crippen LogP contribution is -2.13. The quantitative estimate of drug-likeness (QED) is 0.566. The van der Waals surface area contributed by atoms with Gasteiger partial charge < -0.3 is 9.84 Å². The maximum Gasteiger partial charge on any atom is 0.257 e. The summed E-state index contributed by atoms with van der Waals surface area (Å²) in [5.41, 5.74) is 3.20. The minimum atomic E-state index is -0.901. The van der Waals surface area contributed by atoms with E-state index in [1.807, 2.05) is 25.1 Å². The fourth-order valence-electron chi connectivity index (χ4n) is 3.10. The summed E-state index contributed by atoms with van der Waals surface area (Å²) in [4.78, 5) is 25.4. The van der Waals surface area contributed by atoms with Crippen molar-refractivity contribution in [1.82, 2.24) is 20.1 Å². The summed E-state index contributed by atoms with van der Waals surface area (Å²) >= 11 is 0. The van der Waals surface area contributed by atoms with Crippen LogP contribution < -0.4 is 5.32 Å². The van der Waals surface area contributed by atoms with Crippen molar-refractivity contribution in [2.75, 3.05) is 5.32 Å². The minimum absolute atomic E-state index is 0.282. The van der Waals surface area contributed by atoms with Crippen LogP contribution in [0.1, 0.15) is 34.2 Å². The lowest BCUT2D eigenvalue weighted by Gasteiger charge is -2.10. The fraction of sp³-hybridized carbons (Fsp3) is 0.190. The number of halogens is 1. The summed E-state index contributed by atoms with van der Waals surface area (Å²) in [5, 5.41) is 7.63. The van der Waals surface area contributed by atoms with E-state index in [-0.39, 0.29) is 11.8 Å². The van der Waals surface area contributed by atoms with Crippen molar-refractivity contribution in [3.05, 3.63) is 65.8 Å². The fourth-order valence-corrected chi connectivity index (χ4v) is 3.10. The first-order valence-corrected chi connectivity index (χ1v) is 9.19. The van der Waals surface area contributed by atoms with E-state index in [1.165, 1.54) is 6.20 Å². The Morgan fingerprint density at radius 3 is 2.93 bits per heavy atom. The van der Waals surface area contributed by atoms with Crippen LogP contribution in [-0.2, 0) is 0 Å². The lowest BCUT2D eigenvalue weighted by atomic mass is 10.1. The highest BCUT2D eigenvalue weighted by Gasteiger charge is 2.43. The molecule has 1 fully saturated rings. The van der Waals surface area contributed by atoms with Crippen molar-refractivity contribution in [3.8, 4) is 11.4 Å². The van der Waals surface area contributed by atoms with Crippen LogP contribution in [0.25, 0.3) is 22.4 Å². The zero-order valence-electron chi connectivity index (χ0n) is 15.5. The van der Waals surface area contributed by atoms with Crippen LogP contribution in [0.15, 0.2) is 53.3 Å². The van der Waals surface area contributed by atoms with Gasteiger partial charge in [0, 0.05) is 29.0 Å². The van der Waals surface area contributed by atoms with Crippen molar-refractivity contribution in [1.29, 1.82) is 0 Å². The van der Waals surface area contributed by atoms with Gasteiger partial charge in [-0.3, -0.25) is 4.79 Å². The molecule has 8 heteroatoms. The number of alkyl halides is 1. The second-order valence-electron chi connectivity index (χ2n) is 7.07. The second-order valence-corrected chi connectivity index (χ2v) is 7.07. The number of aryl methyl sites for hydroxylation is 1. The molecule has 1 aliphatic rings. The van der Waals surface area contributed by atoms with E-state index in [2.05, 4.69) is 25.4 Å². The number of nitrogens with zero attached hydrogens (tertiary/aromatic N) is 4. The number of nitrogens with one attached hydrogen (secondary N) is 1. The van der Waals surface area contributed by atoms with Crippen molar-refractivity contribution in [2.45, 2.75) is 25.4 Å². The average Bonchev–Trinajstić information content (AvgIpc) is 3.26. The number of carbonyl (C=O) groups is 1. The normalized spacial score (nSPS) is 18.0. The Kier molecular flexibility index (Phi) is 4.04. The monoisotopic (exact) mass is 389 g/mol. The lowest BCUT2D eigenvalue weighted by molar-refractivity contribution is 0.102. The number of pyridine rings is 2. The van der Waals surface area contributed by atoms with E-state index in [1.54, 1.807) is 24.4 Å². The molecule has 144 valence electrons. The van der Waals surface area contributed by atoms with E-state index in [9.17, 15) is 9.18 Å². The van der Waals surface area contributed by atoms with E-state index in [0.717, 1.165) is 10.9 Å². The zero-order valence-corrected chi connectivity index (χ0v) is 15.5. The number of benzene rings is 1. The predicted octanol–water partition coefficient (Wildman–Crippen LogP) is 4.07. The van der Waals surface area contributed by atoms with Gasteiger partial charge in [0.1, 0.15) is 6.17 Å². The molecule has 0 saturated heterocycles. The molecule has 29 heavy (non-hydrogen) atoms. The summed E-state index contributed by atoms with van der Waals surface area (Å²) < 4.78 is 18.4. The standard InChI is InChI=1S/C21H16FN5O2/c1-11-4-5-13(19-26-21(29-27-19)15-9-16(15)22)8-17(11)25-20(28)14-7-12-3-2-6-23-18(12)24-10-14/h2-8,10,15-16H,9H2,1H3,(H,25,28)/t15-,16-/m0/s1. The Morgan fingerprint density at radius 2 is 2.10 bits per heavy atom. The maximum atomic E-state index is 13.2. The van der Waals surface area contributed by atoms with Gasteiger partial charge >= 0.3 is 0 Å². The van der Waals surface area contributed by atoms with Gasteiger partial charge in [0.05, 0.1) is 11.5 Å². The molecule has 1 N–H and O–H groups in total. The topological polar surface area (TPSA) is 93.8 Å². The van der Waals surface area contributed by atoms with Crippen LogP contribution in [0.2, 0.25) is 0 Å². The maximum absolute atomic E-state index is 13.2. The second kappa shape index (κ2) is 6.73. The molecule has 0 bridgehead atoms. The molecule has 1 aliphatic carbocycles. The number of rotatable bonds is 4. The molecule has 4 aromatic rings. The van der Waals surface area contributed by atoms with Crippen LogP contribution in [0.3, 0.4) is 0 Å². The van der Waals surface area contributed by atoms with Crippen molar-refractivity contribution in [2.24, 2.45) is 0 Å². The van der Waals surface area contributed by atoms with E-state index < -0.39 is 6.17 Å². The molecule has 1 saturated carbocycles. The third-order valence-electron chi connectivity index (χ3n) is 4.93. The largest absolute Gasteiger partial charge is 0.339 e. The Morgan fingerprint density at radius 1 is 1.24 bits per heavy atom. The smallest absolute Gasteiger partial charge is 0.257 e. The van der Waals surface area contributed by atoms with Crippen molar-refractivity contribution < 1.29 is 13.7 Å². The Bertz CT molecular complexity index is 1240. The highest BCUT2D eigenvalue weighted by molar-refractivity contribution is 6.06. The van der Waals surface area contributed by atoms with Crippen LogP contribution in [0, 0.1) is 6.92 Å². The zero-order chi connectivity index (χ0) is 20.0. The molecule has 2 atom stereocenters. The molecule has 1 aromatic carbocycles. The molecule has 1 amide bonds. The molecule has 3 heterocycles. The predicted molar refractivity (Wildman–Crippen MR) is 104 cm³/mol. The third-order valence-corrected chi connectivity index (χ3v) is 4.93. The van der Waals surface area contributed by atoms with Crippen LogP contribution in [-0.4, -0.2) is 32.2 Å². The summed E-state index contributed by atoms with van der Waals surface area (Å²) in [6.45, 7) is 1.89. The first-order chi connectivity index (χ1) is 14.1. The molecular formula is C21H16FN5O2. The number of fused-ring (bicyclic) bond motifs is 1. The van der Waals surface area contributed by atoms with Gasteiger partial charge in [-0.1, -0.05) is 17.3 Å². The molecule has 7 nitrogen and oxygen atoms in total. The van der Waals surface area contributed by atoms with Crippen LogP contribution in [0.5, 0.6) is 0 Å². The molecule has 0 spiro atoms. The van der Waals surface area contributed by atoms with E-state index >= 15 is 0 Å². The van der Waals surface area contributed by atoms with Crippen LogP contribution >= 0.6 is 0 Å². The van der Waals surface area contributed by atoms with Gasteiger partial charge in [-0.25, -0.2) is 14.4 Å². The van der Waals surface area contributed by atoms with Crippen LogP contribution in [0.4, 0.5) is 10.1 Å². The van der Waals surface area contributed by atoms with E-state index in [0.29, 0.717) is 40.6 Å². The number of carbonyl (C=O) groups excluding carboxylic acids is 1. The molecule has 0 radical (unpaired) electrons. The molecule has 5 rings (SSSR count). The molecular weight excluding hydrogens is 373 g/mol. The third kappa shape index (κ3) is 3.33. The Labute approximate surface area is 165 Å². The van der Waals surface area contributed by atoms with Crippen molar-refractivity contribution >= 4 is 22.6 Å². The van der Waals surface area contributed by atoms with Gasteiger partial charge in [0.2, 0.25) is 11.7 Å². The Hall–Kier alpha value is -3.68. The SMILES string of the molecule is Cc1ccc(-c2noc([C@H]3C[C@@H]3F)n2)cc1NC(=O)c1cnc2ncccc2c1. The highest BCUT2D eigenvalue weighted by atomic mass is 19.1. The first kappa shape index (κ1) is 17.4. The summed E-state index contributed by atoms with van der Waals surface area (Å²) in [6.07, 6.45) is 2.68. The van der Waals surface area contributed by atoms with Gasteiger partial charge in [-0.2, -0.15) is 4.98 Å². The van der Waals surface area contributed by atoms with Gasteiger partial charge in [0.15, 0.2) is 5.65 Å². The average molecular weight is 389 g/mol. The van der Waals surface area contributed by atoms with Gasteiger partial charge in [-0.15, -0.1) is 0 Å². The highest BCUT2D eigenvalue weighted by Crippen LogP contribution is 2.43. The number of anilines is 1.